The van der Waals surface area contributed by atoms with Crippen LogP contribution in [0.5, 0.6) is 11.6 Å². The van der Waals surface area contributed by atoms with E-state index in [0.717, 1.165) is 0 Å². The molecule has 0 fully saturated rings. The highest BCUT2D eigenvalue weighted by Gasteiger charge is 2.17. The second kappa shape index (κ2) is 9.51. The van der Waals surface area contributed by atoms with Crippen molar-refractivity contribution in [2.75, 3.05) is 6.61 Å². The second-order valence-corrected chi connectivity index (χ2v) is 6.90. The minimum absolute atomic E-state index is 0.0135. The highest BCUT2D eigenvalue weighted by atomic mass is 19.3. The Labute approximate surface area is 182 Å². The Kier molecular flexibility index (Phi) is 6.34. The first-order chi connectivity index (χ1) is 15.5. The molecule has 0 saturated heterocycles. The molecule has 0 saturated carbocycles. The van der Waals surface area contributed by atoms with Crippen molar-refractivity contribution in [1.82, 2.24) is 19.4 Å². The Morgan fingerprint density at radius 3 is 2.72 bits per heavy atom. The smallest absolute Gasteiger partial charge is 0.280 e. The van der Waals surface area contributed by atoms with E-state index in [4.69, 9.17) is 9.47 Å². The SMILES string of the molecule is CCOc1cc2nc(COc3ccccn3)cn2cc1CC(=O)c1cccc(C(F)F)n1. The molecule has 0 spiro atoms. The second-order valence-electron chi connectivity index (χ2n) is 6.90. The van der Waals surface area contributed by atoms with Crippen LogP contribution in [0, 0.1) is 0 Å². The van der Waals surface area contributed by atoms with Crippen molar-refractivity contribution in [2.45, 2.75) is 26.4 Å². The monoisotopic (exact) mass is 438 g/mol. The van der Waals surface area contributed by atoms with Crippen molar-refractivity contribution in [2.24, 2.45) is 0 Å². The first-order valence-corrected chi connectivity index (χ1v) is 9.99. The van der Waals surface area contributed by atoms with Crippen molar-refractivity contribution in [1.29, 1.82) is 0 Å². The van der Waals surface area contributed by atoms with Gasteiger partial charge in [-0.1, -0.05) is 12.1 Å². The predicted octanol–water partition coefficient (Wildman–Crippen LogP) is 4.47. The van der Waals surface area contributed by atoms with Crippen LogP contribution in [0.15, 0.2) is 61.1 Å². The third kappa shape index (κ3) is 4.88. The number of aromatic nitrogens is 4. The number of carbonyl (C=O) groups excluding carboxylic acids is 1. The van der Waals surface area contributed by atoms with E-state index in [1.807, 2.05) is 13.0 Å². The summed E-state index contributed by atoms with van der Waals surface area (Å²) in [6, 6.07) is 11.1. The zero-order chi connectivity index (χ0) is 22.5. The van der Waals surface area contributed by atoms with Crippen LogP contribution in [0.1, 0.15) is 40.8 Å². The van der Waals surface area contributed by atoms with Gasteiger partial charge < -0.3 is 13.9 Å². The first kappa shape index (κ1) is 21.4. The standard InChI is InChI=1S/C23H20F2N4O3/c1-2-31-20-11-21-27-16(14-32-22-8-3-4-9-26-22)13-29(21)12-15(20)10-19(30)17-6-5-7-18(28-17)23(24)25/h3-9,11-13,23H,2,10,14H2,1H3. The summed E-state index contributed by atoms with van der Waals surface area (Å²) in [5.41, 5.74) is 1.46. The number of halogens is 2. The summed E-state index contributed by atoms with van der Waals surface area (Å²) in [7, 11) is 0. The number of nitrogens with zero attached hydrogens (tertiary/aromatic N) is 4. The van der Waals surface area contributed by atoms with E-state index in [1.165, 1.54) is 18.2 Å². The molecule has 4 rings (SSSR count). The number of carbonyl (C=O) groups is 1. The zero-order valence-electron chi connectivity index (χ0n) is 17.2. The molecule has 4 aromatic rings. The van der Waals surface area contributed by atoms with Gasteiger partial charge in [0, 0.05) is 42.7 Å². The fourth-order valence-corrected chi connectivity index (χ4v) is 3.18. The molecule has 0 amide bonds. The topological polar surface area (TPSA) is 78.6 Å². The number of fused-ring (bicyclic) bond motifs is 1. The van der Waals surface area contributed by atoms with Gasteiger partial charge >= 0.3 is 0 Å². The maximum Gasteiger partial charge on any atom is 0.280 e. The van der Waals surface area contributed by atoms with Gasteiger partial charge in [-0.15, -0.1) is 0 Å². The molecule has 32 heavy (non-hydrogen) atoms. The number of Topliss-reactive ketones (excluding diaryl/α,β-unsaturated/α-hetero) is 1. The molecule has 7 nitrogen and oxygen atoms in total. The number of pyridine rings is 3. The van der Waals surface area contributed by atoms with Crippen molar-refractivity contribution < 1.29 is 23.0 Å². The van der Waals surface area contributed by atoms with Gasteiger partial charge in [-0.25, -0.2) is 23.7 Å². The van der Waals surface area contributed by atoms with Crippen molar-refractivity contribution in [3.63, 3.8) is 0 Å². The first-order valence-electron chi connectivity index (χ1n) is 9.99. The highest BCUT2D eigenvalue weighted by Crippen LogP contribution is 2.24. The molecule has 164 valence electrons. The molecule has 0 aliphatic rings. The van der Waals surface area contributed by atoms with Crippen LogP contribution in [0.2, 0.25) is 0 Å². The fourth-order valence-electron chi connectivity index (χ4n) is 3.18. The molecule has 0 aliphatic heterocycles. The molecule has 4 aromatic heterocycles. The van der Waals surface area contributed by atoms with Gasteiger partial charge in [0.05, 0.1) is 12.3 Å². The maximum atomic E-state index is 12.9. The van der Waals surface area contributed by atoms with Gasteiger partial charge in [0.1, 0.15) is 29.4 Å². The number of ether oxygens (including phenoxy) is 2. The summed E-state index contributed by atoms with van der Waals surface area (Å²) < 4.78 is 39.0. The minimum atomic E-state index is -2.74. The quantitative estimate of drug-likeness (QED) is 0.359. The van der Waals surface area contributed by atoms with E-state index in [0.29, 0.717) is 35.1 Å². The highest BCUT2D eigenvalue weighted by molar-refractivity contribution is 5.96. The molecule has 0 bridgehead atoms. The van der Waals surface area contributed by atoms with Crippen LogP contribution in [0.4, 0.5) is 8.78 Å². The largest absolute Gasteiger partial charge is 0.493 e. The molecule has 4 heterocycles. The number of hydrogen-bond acceptors (Lipinski definition) is 6. The molecule has 0 unspecified atom stereocenters. The Hall–Kier alpha value is -3.88. The summed E-state index contributed by atoms with van der Waals surface area (Å²) in [5.74, 6) is 0.608. The van der Waals surface area contributed by atoms with Gasteiger partial charge in [0.25, 0.3) is 6.43 Å². The number of imidazole rings is 1. The summed E-state index contributed by atoms with van der Waals surface area (Å²) in [6.07, 6.45) is 2.38. The van der Waals surface area contributed by atoms with Crippen molar-refractivity contribution in [3.05, 3.63) is 83.7 Å². The summed E-state index contributed by atoms with van der Waals surface area (Å²) >= 11 is 0. The number of ketones is 1. The maximum absolute atomic E-state index is 12.9. The Morgan fingerprint density at radius 2 is 1.97 bits per heavy atom. The number of rotatable bonds is 9. The molecule has 0 radical (unpaired) electrons. The van der Waals surface area contributed by atoms with Crippen LogP contribution in [0.25, 0.3) is 5.65 Å². The minimum Gasteiger partial charge on any atom is -0.493 e. The van der Waals surface area contributed by atoms with E-state index in [1.54, 1.807) is 41.2 Å². The van der Waals surface area contributed by atoms with Crippen LogP contribution >= 0.6 is 0 Å². The van der Waals surface area contributed by atoms with Crippen LogP contribution < -0.4 is 9.47 Å². The van der Waals surface area contributed by atoms with E-state index < -0.39 is 12.1 Å². The lowest BCUT2D eigenvalue weighted by atomic mass is 10.1. The van der Waals surface area contributed by atoms with Crippen LogP contribution in [-0.4, -0.2) is 31.7 Å². The predicted molar refractivity (Wildman–Crippen MR) is 112 cm³/mol. The van der Waals surface area contributed by atoms with Gasteiger partial charge in [-0.3, -0.25) is 4.79 Å². The van der Waals surface area contributed by atoms with Crippen molar-refractivity contribution >= 4 is 11.4 Å². The lowest BCUT2D eigenvalue weighted by Crippen LogP contribution is -2.10. The summed E-state index contributed by atoms with van der Waals surface area (Å²) in [4.78, 5) is 25.2. The summed E-state index contributed by atoms with van der Waals surface area (Å²) in [6.45, 7) is 2.45. The molecule has 0 atom stereocenters. The lowest BCUT2D eigenvalue weighted by Gasteiger charge is -2.11. The molecule has 0 aliphatic carbocycles. The van der Waals surface area contributed by atoms with Crippen LogP contribution in [-0.2, 0) is 13.0 Å². The van der Waals surface area contributed by atoms with Crippen molar-refractivity contribution in [3.8, 4) is 11.6 Å². The lowest BCUT2D eigenvalue weighted by molar-refractivity contribution is 0.0984. The zero-order valence-corrected chi connectivity index (χ0v) is 17.2. The number of alkyl halides is 2. The normalized spacial score (nSPS) is 11.1. The van der Waals surface area contributed by atoms with Crippen LogP contribution in [0.3, 0.4) is 0 Å². The summed E-state index contributed by atoms with van der Waals surface area (Å²) in [5, 5.41) is 0. The Bertz CT molecular complexity index is 1230. The van der Waals surface area contributed by atoms with Gasteiger partial charge in [-0.2, -0.15) is 0 Å². The van der Waals surface area contributed by atoms with E-state index in [-0.39, 0.29) is 24.5 Å². The third-order valence-electron chi connectivity index (χ3n) is 4.62. The molecular formula is C23H20F2N4O3. The Morgan fingerprint density at radius 1 is 1.09 bits per heavy atom. The van der Waals surface area contributed by atoms with E-state index >= 15 is 0 Å². The van der Waals surface area contributed by atoms with E-state index in [2.05, 4.69) is 15.0 Å². The molecular weight excluding hydrogens is 418 g/mol. The average Bonchev–Trinajstić information content (AvgIpc) is 3.20. The molecule has 9 heteroatoms. The molecule has 0 N–H and O–H groups in total. The van der Waals surface area contributed by atoms with Gasteiger partial charge in [-0.05, 0) is 25.1 Å². The third-order valence-corrected chi connectivity index (χ3v) is 4.62. The molecule has 0 aromatic carbocycles. The number of hydrogen-bond donors (Lipinski definition) is 0. The van der Waals surface area contributed by atoms with E-state index in [9.17, 15) is 13.6 Å². The van der Waals surface area contributed by atoms with Gasteiger partial charge in [0.2, 0.25) is 5.88 Å². The Balaban J connectivity index is 1.58. The fraction of sp³-hybridized carbons (Fsp3) is 0.217. The average molecular weight is 438 g/mol. The van der Waals surface area contributed by atoms with Gasteiger partial charge in [0.15, 0.2) is 5.78 Å².